The average Bonchev–Trinajstić information content (AvgIpc) is 3.23. The third-order valence-corrected chi connectivity index (χ3v) is 7.58. The molecule has 7 nitrogen and oxygen atoms in total. The Morgan fingerprint density at radius 1 is 0.938 bits per heavy atom. The molecular formula is C23H20ClN3O4S. The second-order valence-electron chi connectivity index (χ2n) is 7.32. The average molecular weight is 470 g/mol. The summed E-state index contributed by atoms with van der Waals surface area (Å²) in [6.45, 7) is 2.07. The largest absolute Gasteiger partial charge is 0.269 e. The highest BCUT2D eigenvalue weighted by atomic mass is 35.5. The third kappa shape index (κ3) is 4.06. The number of anilines is 1. The number of sulfonamides is 1. The van der Waals surface area contributed by atoms with Crippen LogP contribution in [0.2, 0.25) is 5.02 Å². The number of rotatable bonds is 4. The fraction of sp³-hybridized carbons (Fsp3) is 0.130. The summed E-state index contributed by atoms with van der Waals surface area (Å²) in [5.74, 6) is -1.14. The van der Waals surface area contributed by atoms with E-state index in [9.17, 15) is 18.0 Å². The fourth-order valence-electron chi connectivity index (χ4n) is 3.60. The van der Waals surface area contributed by atoms with Crippen molar-refractivity contribution in [3.63, 3.8) is 0 Å². The molecule has 1 aliphatic rings. The fourth-order valence-corrected chi connectivity index (χ4v) is 5.61. The summed E-state index contributed by atoms with van der Waals surface area (Å²) in [5.41, 5.74) is 7.41. The number of amides is 2. The number of carbonyl (C=O) groups excluding carboxylic acids is 2. The first-order valence-corrected chi connectivity index (χ1v) is 11.7. The lowest BCUT2D eigenvalue weighted by molar-refractivity contribution is 0.0846. The number of hydrogen-bond donors (Lipinski definition) is 2. The summed E-state index contributed by atoms with van der Waals surface area (Å²) < 4.78 is 27.9. The van der Waals surface area contributed by atoms with Gasteiger partial charge in [0.25, 0.3) is 21.8 Å². The lowest BCUT2D eigenvalue weighted by Gasteiger charge is -2.20. The molecule has 1 aliphatic heterocycles. The number of hydrogen-bond acceptors (Lipinski definition) is 4. The zero-order valence-corrected chi connectivity index (χ0v) is 18.7. The normalized spacial score (nSPS) is 12.9. The Labute approximate surface area is 191 Å². The Balaban J connectivity index is 1.56. The molecule has 0 fully saturated rings. The van der Waals surface area contributed by atoms with Gasteiger partial charge in [-0.1, -0.05) is 48.0 Å². The van der Waals surface area contributed by atoms with E-state index in [1.165, 1.54) is 22.5 Å². The van der Waals surface area contributed by atoms with Crippen LogP contribution < -0.4 is 15.2 Å². The Morgan fingerprint density at radius 2 is 1.62 bits per heavy atom. The standard InChI is InChI=1S/C23H20ClN3O4S/c1-15-6-2-4-8-18(15)23(29)26-25-22(28)17-10-11-19(24)21(14-17)32(30,31)27-13-12-16-7-3-5-9-20(16)27/h2-11,14H,12-13H2,1H3,(H,25,28)(H,26,29). The molecule has 2 N–H and O–H groups in total. The van der Waals surface area contributed by atoms with E-state index in [1.807, 2.05) is 12.1 Å². The maximum Gasteiger partial charge on any atom is 0.269 e. The topological polar surface area (TPSA) is 95.6 Å². The number of halogens is 1. The molecule has 3 aromatic rings. The SMILES string of the molecule is Cc1ccccc1C(=O)NNC(=O)c1ccc(Cl)c(S(=O)(=O)N2CCc3ccccc32)c1. The van der Waals surface area contributed by atoms with Gasteiger partial charge in [0.05, 0.1) is 10.7 Å². The summed E-state index contributed by atoms with van der Waals surface area (Å²) in [6.07, 6.45) is 0.595. The molecule has 1 heterocycles. The number of fused-ring (bicyclic) bond motifs is 1. The van der Waals surface area contributed by atoms with Crippen LogP contribution in [-0.4, -0.2) is 26.8 Å². The summed E-state index contributed by atoms with van der Waals surface area (Å²) in [6, 6.07) is 18.2. The zero-order chi connectivity index (χ0) is 22.9. The molecule has 0 bridgehead atoms. The van der Waals surface area contributed by atoms with Crippen LogP contribution in [0.4, 0.5) is 5.69 Å². The monoisotopic (exact) mass is 469 g/mol. The Hall–Kier alpha value is -3.36. The molecule has 3 aromatic carbocycles. The third-order valence-electron chi connectivity index (χ3n) is 5.29. The van der Waals surface area contributed by atoms with Crippen molar-refractivity contribution in [3.05, 3.63) is 94.0 Å². The van der Waals surface area contributed by atoms with Crippen LogP contribution in [0.15, 0.2) is 71.6 Å². The van der Waals surface area contributed by atoms with Crippen molar-refractivity contribution in [2.45, 2.75) is 18.2 Å². The van der Waals surface area contributed by atoms with Crippen LogP contribution in [0.1, 0.15) is 31.8 Å². The van der Waals surface area contributed by atoms with Crippen LogP contribution >= 0.6 is 11.6 Å². The molecule has 0 radical (unpaired) electrons. The lowest BCUT2D eigenvalue weighted by atomic mass is 10.1. The van der Waals surface area contributed by atoms with Gasteiger partial charge in [-0.05, 0) is 54.8 Å². The molecule has 164 valence electrons. The van der Waals surface area contributed by atoms with Crippen molar-refractivity contribution in [2.75, 3.05) is 10.8 Å². The van der Waals surface area contributed by atoms with Gasteiger partial charge in [0.2, 0.25) is 0 Å². The van der Waals surface area contributed by atoms with E-state index in [1.54, 1.807) is 43.3 Å². The van der Waals surface area contributed by atoms with Crippen LogP contribution in [0, 0.1) is 6.92 Å². The molecule has 4 rings (SSSR count). The molecule has 2 amide bonds. The first kappa shape index (κ1) is 21.9. The Morgan fingerprint density at radius 3 is 2.41 bits per heavy atom. The number of benzene rings is 3. The summed E-state index contributed by atoms with van der Waals surface area (Å²) >= 11 is 6.21. The van der Waals surface area contributed by atoms with Crippen molar-refractivity contribution >= 4 is 39.1 Å². The van der Waals surface area contributed by atoms with Gasteiger partial charge in [0, 0.05) is 17.7 Å². The van der Waals surface area contributed by atoms with Gasteiger partial charge in [-0.25, -0.2) is 8.42 Å². The molecule has 0 spiro atoms. The number of carbonyl (C=O) groups is 2. The highest BCUT2D eigenvalue weighted by Gasteiger charge is 2.32. The van der Waals surface area contributed by atoms with Crippen molar-refractivity contribution in [1.82, 2.24) is 10.9 Å². The molecule has 0 saturated heterocycles. The first-order valence-electron chi connectivity index (χ1n) is 9.85. The first-order chi connectivity index (χ1) is 15.3. The summed E-state index contributed by atoms with van der Waals surface area (Å²) in [4.78, 5) is 24.7. The minimum Gasteiger partial charge on any atom is -0.267 e. The van der Waals surface area contributed by atoms with E-state index >= 15 is 0 Å². The lowest BCUT2D eigenvalue weighted by Crippen LogP contribution is -2.42. The van der Waals surface area contributed by atoms with Crippen molar-refractivity contribution in [3.8, 4) is 0 Å². The molecule has 0 saturated carbocycles. The highest BCUT2D eigenvalue weighted by Crippen LogP contribution is 2.35. The molecule has 0 aromatic heterocycles. The number of hydrazine groups is 1. The number of nitrogens with one attached hydrogen (secondary N) is 2. The molecule has 0 unspecified atom stereocenters. The van der Waals surface area contributed by atoms with Gasteiger partial charge in [0.1, 0.15) is 4.90 Å². The van der Waals surface area contributed by atoms with E-state index in [4.69, 9.17) is 11.6 Å². The summed E-state index contributed by atoms with van der Waals surface area (Å²) in [5, 5.41) is 0.00915. The molecule has 32 heavy (non-hydrogen) atoms. The van der Waals surface area contributed by atoms with Crippen LogP contribution in [0.5, 0.6) is 0 Å². The Bertz CT molecular complexity index is 1320. The van der Waals surface area contributed by atoms with E-state index in [0.29, 0.717) is 24.2 Å². The van der Waals surface area contributed by atoms with Crippen LogP contribution in [0.25, 0.3) is 0 Å². The van der Waals surface area contributed by atoms with E-state index in [0.717, 1.165) is 11.1 Å². The van der Waals surface area contributed by atoms with E-state index in [-0.39, 0.29) is 15.5 Å². The molecule has 0 aliphatic carbocycles. The highest BCUT2D eigenvalue weighted by molar-refractivity contribution is 7.93. The van der Waals surface area contributed by atoms with Gasteiger partial charge < -0.3 is 0 Å². The smallest absolute Gasteiger partial charge is 0.267 e. The molecule has 0 atom stereocenters. The van der Waals surface area contributed by atoms with Gasteiger partial charge in [-0.2, -0.15) is 0 Å². The van der Waals surface area contributed by atoms with E-state index in [2.05, 4.69) is 10.9 Å². The minimum absolute atomic E-state index is 0.00915. The maximum absolute atomic E-state index is 13.3. The predicted octanol–water partition coefficient (Wildman–Crippen LogP) is 3.47. The predicted molar refractivity (Wildman–Crippen MR) is 122 cm³/mol. The summed E-state index contributed by atoms with van der Waals surface area (Å²) in [7, 11) is -3.98. The zero-order valence-electron chi connectivity index (χ0n) is 17.1. The quantitative estimate of drug-likeness (QED) is 0.572. The van der Waals surface area contributed by atoms with Crippen molar-refractivity contribution in [2.24, 2.45) is 0 Å². The van der Waals surface area contributed by atoms with Crippen LogP contribution in [-0.2, 0) is 16.4 Å². The Kier molecular flexibility index (Phi) is 5.90. The van der Waals surface area contributed by atoms with Gasteiger partial charge >= 0.3 is 0 Å². The maximum atomic E-state index is 13.3. The number of para-hydroxylation sites is 1. The second kappa shape index (κ2) is 8.64. The second-order valence-corrected chi connectivity index (χ2v) is 9.56. The van der Waals surface area contributed by atoms with Gasteiger partial charge in [0.15, 0.2) is 0 Å². The number of aryl methyl sites for hydroxylation is 1. The van der Waals surface area contributed by atoms with Crippen molar-refractivity contribution in [1.29, 1.82) is 0 Å². The van der Waals surface area contributed by atoms with Gasteiger partial charge in [-0.15, -0.1) is 0 Å². The molecular weight excluding hydrogens is 450 g/mol. The minimum atomic E-state index is -3.98. The van der Waals surface area contributed by atoms with E-state index < -0.39 is 21.8 Å². The van der Waals surface area contributed by atoms with Gasteiger partial charge in [-0.3, -0.25) is 24.7 Å². The molecule has 9 heteroatoms. The van der Waals surface area contributed by atoms with Crippen molar-refractivity contribution < 1.29 is 18.0 Å². The van der Waals surface area contributed by atoms with Crippen LogP contribution in [0.3, 0.4) is 0 Å². The number of nitrogens with zero attached hydrogens (tertiary/aromatic N) is 1.